The van der Waals surface area contributed by atoms with Gasteiger partial charge in [-0.3, -0.25) is 4.79 Å². The van der Waals surface area contributed by atoms with Gasteiger partial charge in [-0.1, -0.05) is 0 Å². The van der Waals surface area contributed by atoms with Gasteiger partial charge in [0.15, 0.2) is 0 Å². The molecule has 0 fully saturated rings. The zero-order chi connectivity index (χ0) is 19.6. The predicted molar refractivity (Wildman–Crippen MR) is 54.2 cm³/mol. The molecule has 1 unspecified atom stereocenters. The third-order valence-corrected chi connectivity index (χ3v) is 2.52. The summed E-state index contributed by atoms with van der Waals surface area (Å²) in [6.07, 6.45) is -17.9. The topological polar surface area (TPSA) is 72.8 Å². The zero-order valence-corrected chi connectivity index (χ0v) is 11.5. The van der Waals surface area contributed by atoms with Gasteiger partial charge in [-0.15, -0.1) is 0 Å². The van der Waals surface area contributed by atoms with E-state index in [1.54, 1.807) is 0 Å². The van der Waals surface area contributed by atoms with Crippen molar-refractivity contribution >= 4 is 11.9 Å². The highest BCUT2D eigenvalue weighted by Gasteiger charge is 2.76. The van der Waals surface area contributed by atoms with E-state index in [4.69, 9.17) is 5.11 Å². The van der Waals surface area contributed by atoms with Crippen molar-refractivity contribution in [2.24, 2.45) is 5.92 Å². The minimum atomic E-state index is -6.47. The molecule has 0 aromatic heterocycles. The number of halogens is 9. The number of aliphatic hydroxyl groups is 1. The van der Waals surface area contributed by atoms with Crippen LogP contribution >= 0.6 is 0 Å². The van der Waals surface area contributed by atoms with Crippen LogP contribution in [0.1, 0.15) is 6.92 Å². The second-order valence-corrected chi connectivity index (χ2v) is 4.27. The smallest absolute Gasteiger partial charge is 0.437 e. The van der Waals surface area contributed by atoms with E-state index in [-0.39, 0.29) is 0 Å². The fraction of sp³-hybridized carbons (Fsp3) is 0.800. The van der Waals surface area contributed by atoms with Crippen molar-refractivity contribution in [3.05, 3.63) is 0 Å². The predicted octanol–water partition coefficient (Wildman–Crippen LogP) is 2.13. The Morgan fingerprint density at radius 3 is 1.58 bits per heavy atom. The quantitative estimate of drug-likeness (QED) is 0.450. The molecule has 14 heteroatoms. The normalized spacial score (nSPS) is 15.0. The lowest BCUT2D eigenvalue weighted by Crippen LogP contribution is -2.63. The van der Waals surface area contributed by atoms with Crippen LogP contribution < -0.4 is 0 Å². The second kappa shape index (κ2) is 7.03. The summed E-state index contributed by atoms with van der Waals surface area (Å²) in [6.45, 7) is -2.30. The highest BCUT2D eigenvalue weighted by molar-refractivity contribution is 5.81. The van der Waals surface area contributed by atoms with Crippen LogP contribution in [0.4, 0.5) is 39.5 Å². The van der Waals surface area contributed by atoms with E-state index in [1.807, 2.05) is 0 Å². The van der Waals surface area contributed by atoms with Crippen molar-refractivity contribution in [3.63, 3.8) is 0 Å². The van der Waals surface area contributed by atoms with Crippen molar-refractivity contribution in [1.29, 1.82) is 0 Å². The summed E-state index contributed by atoms with van der Waals surface area (Å²) in [5.41, 5.74) is -5.83. The lowest BCUT2D eigenvalue weighted by Gasteiger charge is -2.29. The zero-order valence-electron chi connectivity index (χ0n) is 11.5. The molecular formula is C10H9F9O5. The number of ether oxygens (including phenoxy) is 2. The average molecular weight is 380 g/mol. The molecule has 0 rings (SSSR count). The number of alkyl halides is 9. The highest BCUT2D eigenvalue weighted by Crippen LogP contribution is 2.43. The fourth-order valence-electron chi connectivity index (χ4n) is 1.03. The molecule has 0 aromatic carbocycles. The van der Waals surface area contributed by atoms with Crippen LogP contribution in [0.25, 0.3) is 0 Å². The fourth-order valence-corrected chi connectivity index (χ4v) is 1.03. The molecule has 0 saturated heterocycles. The molecule has 0 radical (unpaired) electrons. The summed E-state index contributed by atoms with van der Waals surface area (Å²) >= 11 is 0. The molecule has 0 amide bonds. The molecular weight excluding hydrogens is 371 g/mol. The molecule has 0 spiro atoms. The first kappa shape index (κ1) is 22.3. The van der Waals surface area contributed by atoms with Gasteiger partial charge >= 0.3 is 36.1 Å². The Bertz CT molecular complexity index is 451. The molecule has 0 bridgehead atoms. The molecule has 5 nitrogen and oxygen atoms in total. The number of rotatable bonds is 5. The molecule has 0 saturated carbocycles. The van der Waals surface area contributed by atoms with Crippen LogP contribution in [0.3, 0.4) is 0 Å². The number of carbonyl (C=O) groups is 2. The molecule has 0 aliphatic rings. The molecule has 0 aliphatic carbocycles. The number of hydrogen-bond donors (Lipinski definition) is 1. The van der Waals surface area contributed by atoms with Gasteiger partial charge in [0, 0.05) is 0 Å². The first-order chi connectivity index (χ1) is 10.5. The minimum Gasteiger partial charge on any atom is -0.462 e. The standard InChI is InChI=1S/C10H9F9O5/c1-4(8(11,12)13)5(20)23-2-3-24-6(21)7(22,9(14,15)16)10(17,18)19/h4,22H,2-3H2,1H3. The second-order valence-electron chi connectivity index (χ2n) is 4.27. The van der Waals surface area contributed by atoms with Crippen molar-refractivity contribution in [2.75, 3.05) is 13.2 Å². The van der Waals surface area contributed by atoms with Gasteiger partial charge in [0.2, 0.25) is 0 Å². The number of hydrogen-bond acceptors (Lipinski definition) is 5. The van der Waals surface area contributed by atoms with Crippen LogP contribution in [0.15, 0.2) is 0 Å². The lowest BCUT2D eigenvalue weighted by molar-refractivity contribution is -0.357. The van der Waals surface area contributed by atoms with Gasteiger partial charge in [-0.05, 0) is 6.92 Å². The summed E-state index contributed by atoms with van der Waals surface area (Å²) in [5, 5.41) is 8.58. The number of esters is 2. The SMILES string of the molecule is CC(C(=O)OCCOC(=O)C(O)(C(F)(F)F)C(F)(F)F)C(F)(F)F. The summed E-state index contributed by atoms with van der Waals surface area (Å²) in [7, 11) is 0. The maximum atomic E-state index is 12.2. The Morgan fingerprint density at radius 1 is 0.875 bits per heavy atom. The van der Waals surface area contributed by atoms with Crippen LogP contribution in [0, 0.1) is 5.92 Å². The third-order valence-electron chi connectivity index (χ3n) is 2.52. The molecule has 0 aliphatic heterocycles. The van der Waals surface area contributed by atoms with Crippen molar-refractivity contribution in [1.82, 2.24) is 0 Å². The van der Waals surface area contributed by atoms with E-state index < -0.39 is 55.2 Å². The largest absolute Gasteiger partial charge is 0.462 e. The Hall–Kier alpha value is -1.73. The first-order valence-corrected chi connectivity index (χ1v) is 5.72. The maximum absolute atomic E-state index is 12.2. The van der Waals surface area contributed by atoms with Crippen LogP contribution in [-0.2, 0) is 19.1 Å². The third kappa shape index (κ3) is 4.88. The first-order valence-electron chi connectivity index (χ1n) is 5.72. The van der Waals surface area contributed by atoms with E-state index in [2.05, 4.69) is 9.47 Å². The molecule has 1 atom stereocenters. The molecule has 1 N–H and O–H groups in total. The maximum Gasteiger partial charge on any atom is 0.437 e. The summed E-state index contributed by atoms with van der Waals surface area (Å²) in [5.74, 6) is -7.67. The highest BCUT2D eigenvalue weighted by atomic mass is 19.4. The van der Waals surface area contributed by atoms with Crippen molar-refractivity contribution < 1.29 is 63.7 Å². The van der Waals surface area contributed by atoms with E-state index in [9.17, 15) is 49.1 Å². The summed E-state index contributed by atoms with van der Waals surface area (Å²) in [6, 6.07) is 0. The average Bonchev–Trinajstić information content (AvgIpc) is 2.37. The van der Waals surface area contributed by atoms with Gasteiger partial charge in [-0.2, -0.15) is 39.5 Å². The van der Waals surface area contributed by atoms with E-state index in [0.717, 1.165) is 0 Å². The molecule has 24 heavy (non-hydrogen) atoms. The Morgan fingerprint density at radius 2 is 1.25 bits per heavy atom. The van der Waals surface area contributed by atoms with E-state index in [0.29, 0.717) is 6.92 Å². The van der Waals surface area contributed by atoms with Gasteiger partial charge < -0.3 is 14.6 Å². The van der Waals surface area contributed by atoms with E-state index >= 15 is 0 Å². The van der Waals surface area contributed by atoms with Crippen molar-refractivity contribution in [2.45, 2.75) is 31.1 Å². The van der Waals surface area contributed by atoms with Gasteiger partial charge in [-0.25, -0.2) is 4.79 Å². The summed E-state index contributed by atoms with van der Waals surface area (Å²) < 4.78 is 117. The Labute approximate surface area is 127 Å². The lowest BCUT2D eigenvalue weighted by atomic mass is 10.0. The van der Waals surface area contributed by atoms with Crippen LogP contribution in [0.5, 0.6) is 0 Å². The van der Waals surface area contributed by atoms with Gasteiger partial charge in [0.25, 0.3) is 0 Å². The van der Waals surface area contributed by atoms with Gasteiger partial charge in [0.05, 0.1) is 0 Å². The molecule has 0 aromatic rings. The Kier molecular flexibility index (Phi) is 6.52. The van der Waals surface area contributed by atoms with Crippen LogP contribution in [-0.4, -0.2) is 54.4 Å². The van der Waals surface area contributed by atoms with E-state index in [1.165, 1.54) is 0 Å². The summed E-state index contributed by atoms with van der Waals surface area (Å²) in [4.78, 5) is 21.7. The van der Waals surface area contributed by atoms with Crippen LogP contribution in [0.2, 0.25) is 0 Å². The molecule has 0 heterocycles. The minimum absolute atomic E-state index is 0.389. The molecule has 142 valence electrons. The number of carbonyl (C=O) groups excluding carboxylic acids is 2. The van der Waals surface area contributed by atoms with Crippen molar-refractivity contribution in [3.8, 4) is 0 Å². The Balaban J connectivity index is 4.72. The monoisotopic (exact) mass is 380 g/mol. The van der Waals surface area contributed by atoms with Gasteiger partial charge in [0.1, 0.15) is 19.1 Å².